The molecule has 27 heavy (non-hydrogen) atoms. The quantitative estimate of drug-likeness (QED) is 0.554. The van der Waals surface area contributed by atoms with Crippen molar-refractivity contribution in [3.05, 3.63) is 94.8 Å². The van der Waals surface area contributed by atoms with Gasteiger partial charge in [0.1, 0.15) is 0 Å². The van der Waals surface area contributed by atoms with E-state index in [4.69, 9.17) is 4.42 Å². The second-order valence-electron chi connectivity index (χ2n) is 6.10. The Morgan fingerprint density at radius 1 is 0.889 bits per heavy atom. The summed E-state index contributed by atoms with van der Waals surface area (Å²) in [6.07, 6.45) is 0. The van der Waals surface area contributed by atoms with Gasteiger partial charge in [-0.3, -0.25) is 4.79 Å². The van der Waals surface area contributed by atoms with Crippen LogP contribution in [-0.4, -0.2) is 17.9 Å². The van der Waals surface area contributed by atoms with E-state index in [1.54, 1.807) is 54.4 Å². The zero-order valence-electron chi connectivity index (χ0n) is 14.6. The molecule has 0 radical (unpaired) electrons. The largest absolute Gasteiger partial charge is 0.403 e. The summed E-state index contributed by atoms with van der Waals surface area (Å²) in [6.45, 7) is 0. The average Bonchev–Trinajstić information content (AvgIpc) is 2.73. The van der Waals surface area contributed by atoms with Crippen LogP contribution < -0.4 is 10.5 Å². The molecule has 0 saturated carbocycles. The highest BCUT2D eigenvalue weighted by atomic mass is 16.4. The van der Waals surface area contributed by atoms with Crippen LogP contribution in [0.25, 0.3) is 22.4 Å². The summed E-state index contributed by atoms with van der Waals surface area (Å²) in [7, 11) is 1.73. The van der Waals surface area contributed by atoms with Gasteiger partial charge in [0.05, 0.1) is 10.9 Å². The van der Waals surface area contributed by atoms with Crippen molar-refractivity contribution in [1.29, 1.82) is 0 Å². The summed E-state index contributed by atoms with van der Waals surface area (Å²) < 4.78 is 5.33. The number of rotatable bonds is 3. The molecule has 0 N–H and O–H groups in total. The number of benzene rings is 3. The van der Waals surface area contributed by atoms with E-state index in [-0.39, 0.29) is 11.8 Å². The number of carbonyl (C=O) groups excluding carboxylic acids is 1. The lowest BCUT2D eigenvalue weighted by Crippen LogP contribution is -2.26. The molecule has 5 heteroatoms. The fourth-order valence-corrected chi connectivity index (χ4v) is 2.86. The number of anilines is 1. The molecule has 1 amide bonds. The van der Waals surface area contributed by atoms with Crippen LogP contribution >= 0.6 is 0 Å². The zero-order chi connectivity index (χ0) is 18.8. The van der Waals surface area contributed by atoms with Crippen LogP contribution in [0.3, 0.4) is 0 Å². The lowest BCUT2D eigenvalue weighted by molar-refractivity contribution is 0.0993. The molecule has 5 nitrogen and oxygen atoms in total. The van der Waals surface area contributed by atoms with E-state index in [0.29, 0.717) is 22.0 Å². The minimum absolute atomic E-state index is 0.124. The molecule has 3 aromatic carbocycles. The van der Waals surface area contributed by atoms with Crippen molar-refractivity contribution in [3.8, 4) is 11.5 Å². The van der Waals surface area contributed by atoms with E-state index in [2.05, 4.69) is 4.98 Å². The van der Waals surface area contributed by atoms with Crippen molar-refractivity contribution < 1.29 is 9.21 Å². The smallest absolute Gasteiger partial charge is 0.347 e. The minimum atomic E-state index is -0.431. The van der Waals surface area contributed by atoms with E-state index < -0.39 is 5.63 Å². The third-order valence-corrected chi connectivity index (χ3v) is 4.36. The van der Waals surface area contributed by atoms with Crippen molar-refractivity contribution in [2.75, 3.05) is 11.9 Å². The highest BCUT2D eigenvalue weighted by Gasteiger charge is 2.14. The Labute approximate surface area is 155 Å². The lowest BCUT2D eigenvalue weighted by atomic mass is 10.1. The number of fused-ring (bicyclic) bond motifs is 1. The molecule has 4 rings (SSSR count). The molecule has 0 fully saturated rings. The van der Waals surface area contributed by atoms with Crippen molar-refractivity contribution >= 4 is 22.5 Å². The van der Waals surface area contributed by atoms with Crippen molar-refractivity contribution in [2.45, 2.75) is 0 Å². The number of nitrogens with zero attached hydrogens (tertiary/aromatic N) is 2. The van der Waals surface area contributed by atoms with Crippen LogP contribution in [0.4, 0.5) is 5.69 Å². The third kappa shape index (κ3) is 3.22. The van der Waals surface area contributed by atoms with Crippen molar-refractivity contribution in [2.24, 2.45) is 0 Å². The van der Waals surface area contributed by atoms with Crippen LogP contribution in [0, 0.1) is 0 Å². The first-order valence-electron chi connectivity index (χ1n) is 8.47. The molecule has 0 aliphatic carbocycles. The number of para-hydroxylation sites is 2. The van der Waals surface area contributed by atoms with E-state index in [1.807, 2.05) is 36.4 Å². The number of hydrogen-bond acceptors (Lipinski definition) is 4. The molecule has 0 bridgehead atoms. The van der Waals surface area contributed by atoms with Crippen LogP contribution in [0.1, 0.15) is 10.4 Å². The Morgan fingerprint density at radius 2 is 1.56 bits per heavy atom. The van der Waals surface area contributed by atoms with Crippen LogP contribution in [0.2, 0.25) is 0 Å². The first-order chi connectivity index (χ1) is 13.1. The summed E-state index contributed by atoms with van der Waals surface area (Å²) >= 11 is 0. The molecule has 0 aliphatic rings. The number of carbonyl (C=O) groups is 1. The molecule has 0 unspecified atom stereocenters. The predicted octanol–water partition coefficient (Wildman–Crippen LogP) is 4.13. The van der Waals surface area contributed by atoms with Gasteiger partial charge in [-0.15, -0.1) is 0 Å². The summed E-state index contributed by atoms with van der Waals surface area (Å²) in [4.78, 5) is 30.8. The molecule has 0 aliphatic heterocycles. The van der Waals surface area contributed by atoms with Crippen LogP contribution in [-0.2, 0) is 0 Å². The number of amides is 1. The first kappa shape index (κ1) is 16.7. The monoisotopic (exact) mass is 356 g/mol. The Balaban J connectivity index is 1.65. The Morgan fingerprint density at radius 3 is 2.30 bits per heavy atom. The Hall–Kier alpha value is -3.73. The second kappa shape index (κ2) is 6.88. The van der Waals surface area contributed by atoms with Gasteiger partial charge < -0.3 is 9.32 Å². The molecule has 0 spiro atoms. The summed E-state index contributed by atoms with van der Waals surface area (Å²) in [5.74, 6) is 0.106. The van der Waals surface area contributed by atoms with Crippen molar-refractivity contribution in [1.82, 2.24) is 4.98 Å². The predicted molar refractivity (Wildman–Crippen MR) is 105 cm³/mol. The van der Waals surface area contributed by atoms with Gasteiger partial charge in [0.15, 0.2) is 0 Å². The molecule has 0 saturated heterocycles. The minimum Gasteiger partial charge on any atom is -0.403 e. The van der Waals surface area contributed by atoms with Gasteiger partial charge in [0.2, 0.25) is 5.89 Å². The van der Waals surface area contributed by atoms with Gasteiger partial charge in [-0.05, 0) is 48.5 Å². The standard InChI is InChI=1S/C22H16N2O3/c1-24(17-7-3-2-4-8-17)21(25)16-13-11-15(12-14-16)20-23-19-10-6-5-9-18(19)22(26)27-20/h2-14H,1H3. The van der Waals surface area contributed by atoms with Gasteiger partial charge in [-0.2, -0.15) is 0 Å². The maximum absolute atomic E-state index is 12.7. The summed E-state index contributed by atoms with van der Waals surface area (Å²) in [6, 6.07) is 23.3. The number of aromatic nitrogens is 1. The molecule has 132 valence electrons. The van der Waals surface area contributed by atoms with Gasteiger partial charge in [-0.25, -0.2) is 9.78 Å². The zero-order valence-corrected chi connectivity index (χ0v) is 14.6. The average molecular weight is 356 g/mol. The maximum atomic E-state index is 12.7. The third-order valence-electron chi connectivity index (χ3n) is 4.36. The molecule has 1 aromatic heterocycles. The molecular weight excluding hydrogens is 340 g/mol. The Bertz CT molecular complexity index is 1170. The highest BCUT2D eigenvalue weighted by Crippen LogP contribution is 2.21. The first-order valence-corrected chi connectivity index (χ1v) is 8.47. The van der Waals surface area contributed by atoms with Crippen LogP contribution in [0.5, 0.6) is 0 Å². The van der Waals surface area contributed by atoms with Gasteiger partial charge in [0, 0.05) is 23.9 Å². The van der Waals surface area contributed by atoms with Gasteiger partial charge >= 0.3 is 5.63 Å². The topological polar surface area (TPSA) is 63.4 Å². The molecular formula is C22H16N2O3. The normalized spacial score (nSPS) is 10.7. The fourth-order valence-electron chi connectivity index (χ4n) is 2.86. The van der Waals surface area contributed by atoms with E-state index in [9.17, 15) is 9.59 Å². The van der Waals surface area contributed by atoms with Crippen LogP contribution in [0.15, 0.2) is 88.1 Å². The fraction of sp³-hybridized carbons (Fsp3) is 0.0455. The lowest BCUT2D eigenvalue weighted by Gasteiger charge is -2.17. The van der Waals surface area contributed by atoms with Gasteiger partial charge in [0.25, 0.3) is 5.91 Å². The maximum Gasteiger partial charge on any atom is 0.347 e. The number of hydrogen-bond donors (Lipinski definition) is 0. The summed E-state index contributed by atoms with van der Waals surface area (Å²) in [5, 5.41) is 0.442. The highest BCUT2D eigenvalue weighted by molar-refractivity contribution is 6.05. The SMILES string of the molecule is CN(C(=O)c1ccc(-c2nc3ccccc3c(=O)o2)cc1)c1ccccc1. The Kier molecular flexibility index (Phi) is 4.26. The second-order valence-corrected chi connectivity index (χ2v) is 6.10. The molecule has 1 heterocycles. The van der Waals surface area contributed by atoms with E-state index in [0.717, 1.165) is 5.69 Å². The summed E-state index contributed by atoms with van der Waals surface area (Å²) in [5.41, 5.74) is 2.13. The van der Waals surface area contributed by atoms with E-state index in [1.165, 1.54) is 0 Å². The molecule has 0 atom stereocenters. The van der Waals surface area contributed by atoms with Crippen molar-refractivity contribution in [3.63, 3.8) is 0 Å². The van der Waals surface area contributed by atoms with Gasteiger partial charge in [-0.1, -0.05) is 30.3 Å². The molecule has 4 aromatic rings. The van der Waals surface area contributed by atoms with E-state index >= 15 is 0 Å².